The molecule has 1 aliphatic carbocycles. The lowest BCUT2D eigenvalue weighted by molar-refractivity contribution is 0.00244. The van der Waals surface area contributed by atoms with Crippen LogP contribution in [0.2, 0.25) is 0 Å². The Morgan fingerprint density at radius 3 is 2.96 bits per heavy atom. The molecule has 2 bridgehead atoms. The molecule has 5 rings (SSSR count). The molecule has 4 aliphatic rings. The zero-order valence-corrected chi connectivity index (χ0v) is 16.4. The number of aryl methyl sites for hydroxylation is 1. The molecule has 146 valence electrons. The Bertz CT molecular complexity index is 747. The number of rotatable bonds is 6. The summed E-state index contributed by atoms with van der Waals surface area (Å²) in [5, 5.41) is 3.19. The van der Waals surface area contributed by atoms with E-state index in [1.807, 2.05) is 25.1 Å². The first-order valence-electron chi connectivity index (χ1n) is 10.4. The van der Waals surface area contributed by atoms with Crippen molar-refractivity contribution >= 4 is 5.91 Å². The highest BCUT2D eigenvalue weighted by molar-refractivity contribution is 5.94. The van der Waals surface area contributed by atoms with Crippen molar-refractivity contribution in [3.8, 4) is 5.75 Å². The largest absolute Gasteiger partial charge is 0.496 e. The number of nitrogens with zero attached hydrogens (tertiary/aromatic N) is 1. The molecule has 0 unspecified atom stereocenters. The summed E-state index contributed by atoms with van der Waals surface area (Å²) in [6.07, 6.45) is 5.48. The van der Waals surface area contributed by atoms with Crippen LogP contribution in [-0.4, -0.2) is 55.8 Å². The number of hydrogen-bond donors (Lipinski definition) is 1. The molecular weight excluding hydrogens is 340 g/mol. The molecule has 5 heteroatoms. The third kappa shape index (κ3) is 3.05. The van der Waals surface area contributed by atoms with Crippen molar-refractivity contribution in [1.82, 2.24) is 10.2 Å². The van der Waals surface area contributed by atoms with E-state index in [-0.39, 0.29) is 11.5 Å². The summed E-state index contributed by atoms with van der Waals surface area (Å²) in [6, 6.07) is 5.61. The molecule has 0 aromatic heterocycles. The summed E-state index contributed by atoms with van der Waals surface area (Å²) < 4.78 is 11.8. The summed E-state index contributed by atoms with van der Waals surface area (Å²) in [4.78, 5) is 15.3. The normalized spacial score (nSPS) is 34.7. The van der Waals surface area contributed by atoms with Gasteiger partial charge in [-0.15, -0.1) is 0 Å². The van der Waals surface area contributed by atoms with E-state index in [1.165, 1.54) is 25.8 Å². The lowest BCUT2D eigenvalue weighted by Gasteiger charge is -2.29. The van der Waals surface area contributed by atoms with Crippen LogP contribution in [0.5, 0.6) is 5.75 Å². The van der Waals surface area contributed by atoms with Crippen molar-refractivity contribution in [2.24, 2.45) is 17.8 Å². The zero-order valence-electron chi connectivity index (χ0n) is 16.4. The van der Waals surface area contributed by atoms with Gasteiger partial charge in [-0.2, -0.15) is 0 Å². The van der Waals surface area contributed by atoms with E-state index in [0.29, 0.717) is 23.5 Å². The minimum atomic E-state index is 0.00501. The highest BCUT2D eigenvalue weighted by Gasteiger charge is 2.62. The van der Waals surface area contributed by atoms with Crippen LogP contribution in [0.1, 0.15) is 41.6 Å². The summed E-state index contributed by atoms with van der Waals surface area (Å²) in [5.74, 6) is 2.77. The summed E-state index contributed by atoms with van der Waals surface area (Å²) in [5.41, 5.74) is 1.76. The van der Waals surface area contributed by atoms with Crippen LogP contribution in [0, 0.1) is 24.7 Å². The van der Waals surface area contributed by atoms with Crippen molar-refractivity contribution in [3.05, 3.63) is 29.3 Å². The fourth-order valence-electron chi connectivity index (χ4n) is 5.70. The van der Waals surface area contributed by atoms with E-state index < -0.39 is 0 Å². The molecule has 4 atom stereocenters. The lowest BCUT2D eigenvalue weighted by atomic mass is 9.73. The van der Waals surface area contributed by atoms with Gasteiger partial charge in [0.15, 0.2) is 0 Å². The number of fused-ring (bicyclic) bond motifs is 1. The molecule has 1 amide bonds. The van der Waals surface area contributed by atoms with E-state index in [9.17, 15) is 4.79 Å². The Labute approximate surface area is 161 Å². The second-order valence-electron chi connectivity index (χ2n) is 9.06. The number of hydrogen-bond acceptors (Lipinski definition) is 4. The molecule has 4 fully saturated rings. The third-order valence-corrected chi connectivity index (χ3v) is 7.22. The first-order valence-corrected chi connectivity index (χ1v) is 10.4. The van der Waals surface area contributed by atoms with Gasteiger partial charge < -0.3 is 14.8 Å². The van der Waals surface area contributed by atoms with Gasteiger partial charge in [0.25, 0.3) is 5.91 Å². The minimum Gasteiger partial charge on any atom is -0.496 e. The maximum absolute atomic E-state index is 12.7. The molecule has 3 saturated heterocycles. The van der Waals surface area contributed by atoms with Gasteiger partial charge in [0, 0.05) is 43.6 Å². The van der Waals surface area contributed by atoms with Gasteiger partial charge in [-0.1, -0.05) is 0 Å². The van der Waals surface area contributed by atoms with E-state index in [2.05, 4.69) is 10.2 Å². The van der Waals surface area contributed by atoms with Crippen LogP contribution in [-0.2, 0) is 4.74 Å². The number of carbonyl (C=O) groups excluding carboxylic acids is 1. The number of benzene rings is 1. The van der Waals surface area contributed by atoms with Gasteiger partial charge in [-0.3, -0.25) is 9.69 Å². The number of ether oxygens (including phenoxy) is 2. The summed E-state index contributed by atoms with van der Waals surface area (Å²) >= 11 is 0. The molecule has 3 aliphatic heterocycles. The average Bonchev–Trinajstić information content (AvgIpc) is 3.16. The molecule has 1 aromatic rings. The SMILES string of the molecule is COc1ccc(C(=O)NC[C@H]2[C@H]3CN(CC4CC4)C[C@]34CC[C@H]2O4)cc1C. The standard InChI is InChI=1S/C22H30N2O3/c1-14-9-16(5-6-19(14)26-2)21(25)23-10-17-18-12-24(11-15-3-4-15)13-22(18)8-7-20(17)27-22/h5-6,9,15,17-18,20H,3-4,7-8,10-13H2,1-2H3,(H,23,25)/t17-,18+,20+,22+/m0/s1. The van der Waals surface area contributed by atoms with E-state index in [4.69, 9.17) is 9.47 Å². The third-order valence-electron chi connectivity index (χ3n) is 7.22. The van der Waals surface area contributed by atoms with Crippen molar-refractivity contribution in [2.75, 3.05) is 33.3 Å². The number of nitrogens with one attached hydrogen (secondary N) is 1. The Morgan fingerprint density at radius 2 is 2.22 bits per heavy atom. The highest BCUT2D eigenvalue weighted by atomic mass is 16.5. The Hall–Kier alpha value is -1.59. The molecule has 3 heterocycles. The topological polar surface area (TPSA) is 50.8 Å². The van der Waals surface area contributed by atoms with E-state index in [1.54, 1.807) is 7.11 Å². The smallest absolute Gasteiger partial charge is 0.251 e. The first kappa shape index (κ1) is 17.5. The van der Waals surface area contributed by atoms with Crippen LogP contribution in [0.25, 0.3) is 0 Å². The van der Waals surface area contributed by atoms with Crippen molar-refractivity contribution < 1.29 is 14.3 Å². The number of carbonyl (C=O) groups is 1. The second-order valence-corrected chi connectivity index (χ2v) is 9.06. The van der Waals surface area contributed by atoms with Crippen molar-refractivity contribution in [3.63, 3.8) is 0 Å². The maximum Gasteiger partial charge on any atom is 0.251 e. The van der Waals surface area contributed by atoms with Gasteiger partial charge >= 0.3 is 0 Å². The first-order chi connectivity index (χ1) is 13.1. The van der Waals surface area contributed by atoms with E-state index >= 15 is 0 Å². The Balaban J connectivity index is 1.23. The average molecular weight is 370 g/mol. The molecule has 1 spiro atoms. The van der Waals surface area contributed by atoms with Crippen LogP contribution in [0.15, 0.2) is 18.2 Å². The second kappa shape index (κ2) is 6.49. The fourth-order valence-corrected chi connectivity index (χ4v) is 5.70. The van der Waals surface area contributed by atoms with Crippen LogP contribution in [0.4, 0.5) is 0 Å². The summed E-state index contributed by atoms with van der Waals surface area (Å²) in [6.45, 7) is 6.19. The predicted octanol–water partition coefficient (Wildman–Crippen LogP) is 2.62. The van der Waals surface area contributed by atoms with Crippen LogP contribution < -0.4 is 10.1 Å². The molecule has 1 aromatic carbocycles. The van der Waals surface area contributed by atoms with Gasteiger partial charge in [-0.05, 0) is 62.3 Å². The fraction of sp³-hybridized carbons (Fsp3) is 0.682. The quantitative estimate of drug-likeness (QED) is 0.836. The lowest BCUT2D eigenvalue weighted by Crippen LogP contribution is -2.41. The Kier molecular flexibility index (Phi) is 4.21. The van der Waals surface area contributed by atoms with Gasteiger partial charge in [0.1, 0.15) is 5.75 Å². The maximum atomic E-state index is 12.7. The van der Waals surface area contributed by atoms with Gasteiger partial charge in [0.2, 0.25) is 0 Å². The monoisotopic (exact) mass is 370 g/mol. The Morgan fingerprint density at radius 1 is 1.37 bits per heavy atom. The van der Waals surface area contributed by atoms with Crippen molar-refractivity contribution in [1.29, 1.82) is 0 Å². The van der Waals surface area contributed by atoms with Gasteiger partial charge in [0.05, 0.1) is 18.8 Å². The number of amides is 1. The molecule has 1 saturated carbocycles. The minimum absolute atomic E-state index is 0.00501. The van der Waals surface area contributed by atoms with Gasteiger partial charge in [-0.25, -0.2) is 0 Å². The van der Waals surface area contributed by atoms with Crippen molar-refractivity contribution in [2.45, 2.75) is 44.3 Å². The van der Waals surface area contributed by atoms with Crippen LogP contribution >= 0.6 is 0 Å². The number of likely N-dealkylation sites (tertiary alicyclic amines) is 1. The molecular formula is C22H30N2O3. The highest BCUT2D eigenvalue weighted by Crippen LogP contribution is 2.55. The zero-order chi connectivity index (χ0) is 18.6. The van der Waals surface area contributed by atoms with Crippen LogP contribution in [0.3, 0.4) is 0 Å². The predicted molar refractivity (Wildman–Crippen MR) is 103 cm³/mol. The summed E-state index contributed by atoms with van der Waals surface area (Å²) in [7, 11) is 1.65. The number of methoxy groups -OCH3 is 1. The molecule has 0 radical (unpaired) electrons. The molecule has 5 nitrogen and oxygen atoms in total. The molecule has 27 heavy (non-hydrogen) atoms. The molecule has 1 N–H and O–H groups in total. The van der Waals surface area contributed by atoms with E-state index in [0.717, 1.165) is 43.3 Å².